The summed E-state index contributed by atoms with van der Waals surface area (Å²) in [4.78, 5) is 25.2. The molecule has 3 rings (SSSR count). The second-order valence-electron chi connectivity index (χ2n) is 8.10. The van der Waals surface area contributed by atoms with Gasteiger partial charge >= 0.3 is 5.97 Å². The Morgan fingerprint density at radius 3 is 2.39 bits per heavy atom. The molecule has 1 fully saturated rings. The molecule has 1 unspecified atom stereocenters. The first-order valence-corrected chi connectivity index (χ1v) is 11.8. The Balaban J connectivity index is 1.80. The van der Waals surface area contributed by atoms with Gasteiger partial charge in [0.05, 0.1) is 23.5 Å². The van der Waals surface area contributed by atoms with Crippen LogP contribution < -0.4 is 10.0 Å². The molecular formula is C23H28N2O5S. The first-order chi connectivity index (χ1) is 14.6. The lowest BCUT2D eigenvalue weighted by Crippen LogP contribution is -2.31. The number of carbonyl (C=O) groups excluding carboxylic acids is 2. The van der Waals surface area contributed by atoms with Gasteiger partial charge in [0, 0.05) is 11.6 Å². The van der Waals surface area contributed by atoms with Gasteiger partial charge in [-0.1, -0.05) is 35.9 Å². The van der Waals surface area contributed by atoms with E-state index < -0.39 is 27.9 Å². The van der Waals surface area contributed by atoms with Crippen molar-refractivity contribution in [3.05, 3.63) is 65.2 Å². The van der Waals surface area contributed by atoms with Crippen LogP contribution in [0.1, 0.15) is 60.6 Å². The summed E-state index contributed by atoms with van der Waals surface area (Å²) in [5.74, 6) is -0.891. The van der Waals surface area contributed by atoms with Gasteiger partial charge in [0.1, 0.15) is 0 Å². The molecular weight excluding hydrogens is 416 g/mol. The third-order valence-electron chi connectivity index (χ3n) is 4.83. The molecule has 0 aromatic heterocycles. The van der Waals surface area contributed by atoms with Crippen LogP contribution in [0.5, 0.6) is 0 Å². The predicted molar refractivity (Wildman–Crippen MR) is 117 cm³/mol. The molecule has 1 aliphatic carbocycles. The summed E-state index contributed by atoms with van der Waals surface area (Å²) in [6.45, 7) is 5.48. The molecule has 7 nitrogen and oxygen atoms in total. The number of rotatable bonds is 9. The molecule has 8 heteroatoms. The van der Waals surface area contributed by atoms with Crippen molar-refractivity contribution in [2.24, 2.45) is 0 Å². The topological polar surface area (TPSA) is 102 Å². The van der Waals surface area contributed by atoms with Gasteiger partial charge in [0.2, 0.25) is 10.0 Å². The van der Waals surface area contributed by atoms with Crippen LogP contribution in [-0.2, 0) is 19.6 Å². The number of sulfonamides is 1. The molecule has 166 valence electrons. The largest absolute Gasteiger partial charge is 0.463 e. The minimum absolute atomic E-state index is 0.0274. The molecule has 1 saturated carbocycles. The summed E-state index contributed by atoms with van der Waals surface area (Å²) in [7, 11) is -3.68. The Bertz CT molecular complexity index is 1040. The first kappa shape index (κ1) is 23.0. The van der Waals surface area contributed by atoms with Gasteiger partial charge < -0.3 is 10.1 Å². The van der Waals surface area contributed by atoms with Crippen molar-refractivity contribution in [1.82, 2.24) is 10.0 Å². The van der Waals surface area contributed by atoms with Crippen LogP contribution in [0.25, 0.3) is 0 Å². The normalized spacial score (nSPS) is 14.8. The Hall–Kier alpha value is -2.71. The lowest BCUT2D eigenvalue weighted by Gasteiger charge is -2.20. The molecule has 31 heavy (non-hydrogen) atoms. The van der Waals surface area contributed by atoms with Crippen LogP contribution in [0.4, 0.5) is 0 Å². The van der Waals surface area contributed by atoms with Crippen LogP contribution >= 0.6 is 0 Å². The van der Waals surface area contributed by atoms with Crippen molar-refractivity contribution in [1.29, 1.82) is 0 Å². The predicted octanol–water partition coefficient (Wildman–Crippen LogP) is 3.25. The summed E-state index contributed by atoms with van der Waals surface area (Å²) in [6.07, 6.45) is 1.35. The Morgan fingerprint density at radius 1 is 1.10 bits per heavy atom. The Labute approximate surface area is 183 Å². The van der Waals surface area contributed by atoms with Crippen molar-refractivity contribution in [2.45, 2.75) is 63.1 Å². The fourth-order valence-electron chi connectivity index (χ4n) is 3.06. The number of ether oxygens (including phenoxy) is 1. The minimum atomic E-state index is -3.68. The molecule has 1 aliphatic rings. The van der Waals surface area contributed by atoms with E-state index in [1.54, 1.807) is 19.9 Å². The van der Waals surface area contributed by atoms with Crippen LogP contribution in [0.3, 0.4) is 0 Å². The van der Waals surface area contributed by atoms with Crippen LogP contribution in [0.15, 0.2) is 53.4 Å². The number of benzene rings is 2. The summed E-state index contributed by atoms with van der Waals surface area (Å²) >= 11 is 0. The van der Waals surface area contributed by atoms with Crippen molar-refractivity contribution in [3.8, 4) is 0 Å². The van der Waals surface area contributed by atoms with Crippen LogP contribution in [0.2, 0.25) is 0 Å². The van der Waals surface area contributed by atoms with E-state index in [-0.39, 0.29) is 29.0 Å². The van der Waals surface area contributed by atoms with E-state index in [1.807, 2.05) is 31.2 Å². The molecule has 1 atom stereocenters. The highest BCUT2D eigenvalue weighted by molar-refractivity contribution is 7.89. The van der Waals surface area contributed by atoms with E-state index in [0.717, 1.165) is 24.0 Å². The number of hydrogen-bond donors (Lipinski definition) is 2. The van der Waals surface area contributed by atoms with Gasteiger partial charge in [0.25, 0.3) is 5.91 Å². The second kappa shape index (κ2) is 9.62. The third-order valence-corrected chi connectivity index (χ3v) is 6.35. The van der Waals surface area contributed by atoms with Gasteiger partial charge in [-0.2, -0.15) is 0 Å². The number of nitrogens with one attached hydrogen (secondary N) is 2. The number of hydrogen-bond acceptors (Lipinski definition) is 5. The molecule has 2 aromatic carbocycles. The fourth-order valence-corrected chi connectivity index (χ4v) is 4.41. The zero-order valence-electron chi connectivity index (χ0n) is 17.9. The first-order valence-electron chi connectivity index (χ1n) is 10.3. The van der Waals surface area contributed by atoms with Gasteiger partial charge in [-0.25, -0.2) is 13.1 Å². The maximum Gasteiger partial charge on any atom is 0.308 e. The van der Waals surface area contributed by atoms with Crippen molar-refractivity contribution in [3.63, 3.8) is 0 Å². The van der Waals surface area contributed by atoms with Gasteiger partial charge in [-0.15, -0.1) is 0 Å². The van der Waals surface area contributed by atoms with Gasteiger partial charge in [-0.3, -0.25) is 9.59 Å². The highest BCUT2D eigenvalue weighted by Crippen LogP contribution is 2.23. The van der Waals surface area contributed by atoms with E-state index >= 15 is 0 Å². The molecule has 0 spiro atoms. The highest BCUT2D eigenvalue weighted by Gasteiger charge is 2.28. The smallest absolute Gasteiger partial charge is 0.308 e. The Kier molecular flexibility index (Phi) is 7.12. The monoisotopic (exact) mass is 444 g/mol. The van der Waals surface area contributed by atoms with Crippen molar-refractivity contribution in [2.75, 3.05) is 0 Å². The second-order valence-corrected chi connectivity index (χ2v) is 9.82. The molecule has 0 heterocycles. The van der Waals surface area contributed by atoms with E-state index in [1.165, 1.54) is 18.2 Å². The van der Waals surface area contributed by atoms with E-state index in [9.17, 15) is 18.0 Å². The standard InChI is InChI=1S/C23H28N2O5S/c1-15(2)30-22(26)14-21(17-9-7-16(3)8-10-17)24-23(27)18-5-4-6-20(13-18)31(28,29)25-19-11-12-19/h4-10,13,15,19,21,25H,11-12,14H2,1-3H3,(H,24,27). The van der Waals surface area contributed by atoms with Crippen LogP contribution in [-0.4, -0.2) is 32.4 Å². The summed E-state index contributed by atoms with van der Waals surface area (Å²) in [6, 6.07) is 12.8. The summed E-state index contributed by atoms with van der Waals surface area (Å²) in [5.41, 5.74) is 2.02. The highest BCUT2D eigenvalue weighted by atomic mass is 32.2. The zero-order valence-corrected chi connectivity index (χ0v) is 18.7. The van der Waals surface area contributed by atoms with E-state index in [2.05, 4.69) is 10.0 Å². The van der Waals surface area contributed by atoms with E-state index in [4.69, 9.17) is 4.74 Å². The van der Waals surface area contributed by atoms with Gasteiger partial charge in [-0.05, 0) is 57.4 Å². The number of esters is 1. The Morgan fingerprint density at radius 2 is 1.77 bits per heavy atom. The molecule has 2 N–H and O–H groups in total. The molecule has 1 amide bonds. The summed E-state index contributed by atoms with van der Waals surface area (Å²) < 4.78 is 32.8. The zero-order chi connectivity index (χ0) is 22.6. The third kappa shape index (κ3) is 6.63. The maximum absolute atomic E-state index is 12.9. The average Bonchev–Trinajstić information content (AvgIpc) is 3.51. The summed E-state index contributed by atoms with van der Waals surface area (Å²) in [5, 5.41) is 2.85. The molecule has 2 aromatic rings. The van der Waals surface area contributed by atoms with E-state index in [0.29, 0.717) is 0 Å². The lowest BCUT2D eigenvalue weighted by atomic mass is 10.0. The fraction of sp³-hybridized carbons (Fsp3) is 0.391. The molecule has 0 saturated heterocycles. The van der Waals surface area contributed by atoms with Crippen molar-refractivity contribution < 1.29 is 22.7 Å². The van der Waals surface area contributed by atoms with Crippen molar-refractivity contribution >= 4 is 21.9 Å². The SMILES string of the molecule is Cc1ccc(C(CC(=O)OC(C)C)NC(=O)c2cccc(S(=O)(=O)NC3CC3)c2)cc1. The quantitative estimate of drug-likeness (QED) is 0.578. The number of amides is 1. The molecule has 0 radical (unpaired) electrons. The van der Waals surface area contributed by atoms with Crippen LogP contribution in [0, 0.1) is 6.92 Å². The maximum atomic E-state index is 12.9. The number of carbonyl (C=O) groups is 2. The molecule has 0 aliphatic heterocycles. The minimum Gasteiger partial charge on any atom is -0.463 e. The lowest BCUT2D eigenvalue weighted by molar-refractivity contribution is -0.147. The average molecular weight is 445 g/mol. The number of aryl methyl sites for hydroxylation is 1. The van der Waals surface area contributed by atoms with Gasteiger partial charge in [0.15, 0.2) is 0 Å². The molecule has 0 bridgehead atoms.